The highest BCUT2D eigenvalue weighted by Gasteiger charge is 2.32. The van der Waals surface area contributed by atoms with E-state index in [1.54, 1.807) is 29.2 Å². The molecule has 0 aliphatic rings. The first kappa shape index (κ1) is 34.1. The zero-order valence-electron chi connectivity index (χ0n) is 25.5. The number of halogens is 1. The van der Waals surface area contributed by atoms with Gasteiger partial charge in [0, 0.05) is 35.9 Å². The van der Waals surface area contributed by atoms with Crippen molar-refractivity contribution >= 4 is 43.5 Å². The standard InChI is InChI=1S/C33H42BrN3O5S/c1-6-42-29-20-18-28(19-21-29)37(43(5,40)41)22-10-13-31(38)36(24-26-14-16-27(34)17-15-26)30(32(39)35-33(2,3)4)23-25-11-8-7-9-12-25/h7-9,11-12,14-21,30H,6,10,13,22-24H2,1-5H3,(H,35,39)/t30-/m0/s1. The highest BCUT2D eigenvalue weighted by atomic mass is 79.9. The van der Waals surface area contributed by atoms with Crippen LogP contribution >= 0.6 is 15.9 Å². The molecule has 0 heterocycles. The first-order chi connectivity index (χ1) is 20.3. The molecule has 10 heteroatoms. The molecule has 8 nitrogen and oxygen atoms in total. The Bertz CT molecular complexity index is 1440. The molecule has 0 aliphatic carbocycles. The molecule has 3 aromatic carbocycles. The highest BCUT2D eigenvalue weighted by molar-refractivity contribution is 9.10. The van der Waals surface area contributed by atoms with E-state index in [9.17, 15) is 18.0 Å². The Kier molecular flexibility index (Phi) is 12.2. The molecule has 43 heavy (non-hydrogen) atoms. The minimum atomic E-state index is -3.61. The summed E-state index contributed by atoms with van der Waals surface area (Å²) in [7, 11) is -3.61. The molecule has 0 aromatic heterocycles. The van der Waals surface area contributed by atoms with Crippen LogP contribution in [-0.4, -0.2) is 56.1 Å². The Morgan fingerprint density at radius 2 is 1.56 bits per heavy atom. The molecule has 1 atom stereocenters. The lowest BCUT2D eigenvalue weighted by Crippen LogP contribution is -2.54. The topological polar surface area (TPSA) is 96.0 Å². The third kappa shape index (κ3) is 11.0. The average Bonchev–Trinajstić information content (AvgIpc) is 2.93. The van der Waals surface area contributed by atoms with Crippen LogP contribution in [0.5, 0.6) is 5.75 Å². The first-order valence-electron chi connectivity index (χ1n) is 14.4. The number of sulfonamides is 1. The largest absolute Gasteiger partial charge is 0.494 e. The number of hydrogen-bond acceptors (Lipinski definition) is 5. The number of carbonyl (C=O) groups excluding carboxylic acids is 2. The summed E-state index contributed by atoms with van der Waals surface area (Å²) in [6.07, 6.45) is 1.83. The summed E-state index contributed by atoms with van der Waals surface area (Å²) >= 11 is 3.46. The lowest BCUT2D eigenvalue weighted by Gasteiger charge is -2.34. The quantitative estimate of drug-likeness (QED) is 0.229. The van der Waals surface area contributed by atoms with Crippen LogP contribution in [0, 0.1) is 0 Å². The van der Waals surface area contributed by atoms with E-state index in [1.165, 1.54) is 4.31 Å². The molecule has 3 rings (SSSR count). The molecule has 0 saturated carbocycles. The van der Waals surface area contributed by atoms with E-state index in [4.69, 9.17) is 4.74 Å². The third-order valence-electron chi connectivity index (χ3n) is 6.62. The van der Waals surface area contributed by atoms with Crippen molar-refractivity contribution in [1.29, 1.82) is 0 Å². The molecule has 0 radical (unpaired) electrons. The predicted octanol–water partition coefficient (Wildman–Crippen LogP) is 5.95. The van der Waals surface area contributed by atoms with Crippen molar-refractivity contribution in [2.24, 2.45) is 0 Å². The number of nitrogens with one attached hydrogen (secondary N) is 1. The molecule has 1 N–H and O–H groups in total. The van der Waals surface area contributed by atoms with Gasteiger partial charge in [0.1, 0.15) is 11.8 Å². The van der Waals surface area contributed by atoms with Crippen molar-refractivity contribution in [3.8, 4) is 5.75 Å². The van der Waals surface area contributed by atoms with E-state index in [2.05, 4.69) is 21.2 Å². The fourth-order valence-electron chi connectivity index (χ4n) is 4.67. The van der Waals surface area contributed by atoms with Crippen LogP contribution in [0.1, 0.15) is 51.7 Å². The second-order valence-electron chi connectivity index (χ2n) is 11.5. The van der Waals surface area contributed by atoms with Crippen molar-refractivity contribution < 1.29 is 22.7 Å². The van der Waals surface area contributed by atoms with Gasteiger partial charge in [0.05, 0.1) is 18.6 Å². The van der Waals surface area contributed by atoms with Crippen molar-refractivity contribution in [3.63, 3.8) is 0 Å². The fraction of sp³-hybridized carbons (Fsp3) is 0.394. The number of rotatable bonds is 14. The summed E-state index contributed by atoms with van der Waals surface area (Å²) in [5, 5.41) is 3.06. The monoisotopic (exact) mass is 671 g/mol. The summed E-state index contributed by atoms with van der Waals surface area (Å²) in [5.74, 6) is 0.179. The van der Waals surface area contributed by atoms with Crippen molar-refractivity contribution in [2.45, 2.75) is 65.1 Å². The minimum absolute atomic E-state index is 0.0632. The maximum atomic E-state index is 14.0. The Hall–Kier alpha value is -3.37. The van der Waals surface area contributed by atoms with Crippen LogP contribution in [0.15, 0.2) is 83.3 Å². The zero-order chi connectivity index (χ0) is 31.6. The van der Waals surface area contributed by atoms with E-state index in [0.29, 0.717) is 24.5 Å². The molecule has 0 unspecified atom stereocenters. The van der Waals surface area contributed by atoms with Gasteiger partial charge in [-0.1, -0.05) is 58.4 Å². The molecular weight excluding hydrogens is 630 g/mol. The molecule has 232 valence electrons. The van der Waals surface area contributed by atoms with Crippen molar-refractivity contribution in [1.82, 2.24) is 10.2 Å². The number of carbonyl (C=O) groups is 2. The van der Waals surface area contributed by atoms with Gasteiger partial charge in [-0.3, -0.25) is 13.9 Å². The fourth-order valence-corrected chi connectivity index (χ4v) is 5.90. The maximum Gasteiger partial charge on any atom is 0.243 e. The van der Waals surface area contributed by atoms with Gasteiger partial charge in [-0.15, -0.1) is 0 Å². The molecule has 0 spiro atoms. The minimum Gasteiger partial charge on any atom is -0.494 e. The van der Waals surface area contributed by atoms with E-state index in [0.717, 1.165) is 21.9 Å². The lowest BCUT2D eigenvalue weighted by molar-refractivity contribution is -0.142. The number of nitrogens with zero attached hydrogens (tertiary/aromatic N) is 2. The second-order valence-corrected chi connectivity index (χ2v) is 14.3. The summed E-state index contributed by atoms with van der Waals surface area (Å²) in [4.78, 5) is 29.3. The van der Waals surface area contributed by atoms with Crippen molar-refractivity contribution in [3.05, 3.63) is 94.5 Å². The Morgan fingerprint density at radius 1 is 0.930 bits per heavy atom. The predicted molar refractivity (Wildman–Crippen MR) is 176 cm³/mol. The number of anilines is 1. The van der Waals surface area contributed by atoms with Crippen LogP contribution < -0.4 is 14.4 Å². The van der Waals surface area contributed by atoms with Crippen LogP contribution in [0.4, 0.5) is 5.69 Å². The van der Waals surface area contributed by atoms with Gasteiger partial charge >= 0.3 is 0 Å². The molecule has 0 aliphatic heterocycles. The SMILES string of the molecule is CCOc1ccc(N(CCCC(=O)N(Cc2ccc(Br)cc2)[C@@H](Cc2ccccc2)C(=O)NC(C)(C)C)S(C)(=O)=O)cc1. The van der Waals surface area contributed by atoms with E-state index in [-0.39, 0.29) is 37.7 Å². The van der Waals surface area contributed by atoms with E-state index >= 15 is 0 Å². The number of benzene rings is 3. The van der Waals surface area contributed by atoms with Gasteiger partial charge in [-0.2, -0.15) is 0 Å². The normalized spacial score (nSPS) is 12.3. The molecule has 2 amide bonds. The highest BCUT2D eigenvalue weighted by Crippen LogP contribution is 2.23. The lowest BCUT2D eigenvalue weighted by atomic mass is 10.00. The van der Waals surface area contributed by atoms with Gasteiger partial charge in [0.2, 0.25) is 21.8 Å². The number of amides is 2. The second kappa shape index (κ2) is 15.4. The summed E-state index contributed by atoms with van der Waals surface area (Å²) in [6, 6.07) is 23.3. The molecule has 0 fully saturated rings. The first-order valence-corrected chi connectivity index (χ1v) is 17.0. The van der Waals surface area contributed by atoms with Gasteiger partial charge in [-0.25, -0.2) is 8.42 Å². The molecule has 0 saturated heterocycles. The average molecular weight is 673 g/mol. The van der Waals surface area contributed by atoms with Crippen LogP contribution in [0.25, 0.3) is 0 Å². The van der Waals surface area contributed by atoms with Gasteiger partial charge in [0.25, 0.3) is 0 Å². The Labute approximate surface area is 264 Å². The Morgan fingerprint density at radius 3 is 2.12 bits per heavy atom. The maximum absolute atomic E-state index is 14.0. The Balaban J connectivity index is 1.87. The van der Waals surface area contributed by atoms with E-state index < -0.39 is 21.6 Å². The van der Waals surface area contributed by atoms with Crippen LogP contribution in [0.3, 0.4) is 0 Å². The van der Waals surface area contributed by atoms with Gasteiger partial charge in [-0.05, 0) is 81.6 Å². The van der Waals surface area contributed by atoms with Crippen LogP contribution in [0.2, 0.25) is 0 Å². The smallest absolute Gasteiger partial charge is 0.243 e. The molecule has 3 aromatic rings. The zero-order valence-corrected chi connectivity index (χ0v) is 27.9. The molecule has 0 bridgehead atoms. The van der Waals surface area contributed by atoms with Crippen molar-refractivity contribution in [2.75, 3.05) is 23.7 Å². The number of ether oxygens (including phenoxy) is 1. The molecular formula is C33H42BrN3O5S. The van der Waals surface area contributed by atoms with E-state index in [1.807, 2.05) is 82.3 Å². The summed E-state index contributed by atoms with van der Waals surface area (Å²) in [5.41, 5.74) is 1.82. The summed E-state index contributed by atoms with van der Waals surface area (Å²) in [6.45, 7) is 8.46. The number of hydrogen-bond donors (Lipinski definition) is 1. The third-order valence-corrected chi connectivity index (χ3v) is 8.35. The summed E-state index contributed by atoms with van der Waals surface area (Å²) < 4.78 is 33.1. The van der Waals surface area contributed by atoms with Gasteiger partial charge in [0.15, 0.2) is 0 Å². The van der Waals surface area contributed by atoms with Crippen LogP contribution in [-0.2, 0) is 32.6 Å². The van der Waals surface area contributed by atoms with Gasteiger partial charge < -0.3 is 15.0 Å².